The van der Waals surface area contributed by atoms with Crippen molar-refractivity contribution in [1.29, 1.82) is 0 Å². The zero-order chi connectivity index (χ0) is 46.9. The molecular weight excluding hydrogens is 928 g/mol. The van der Waals surface area contributed by atoms with Gasteiger partial charge in [0.25, 0.3) is 11.8 Å². The maximum Gasteiger partial charge on any atom is 0.251 e. The number of nitrogens with zero attached hydrogens (tertiary/aromatic N) is 1. The van der Waals surface area contributed by atoms with Crippen LogP contribution in [0.5, 0.6) is 0 Å². The average Bonchev–Trinajstić information content (AvgIpc) is 3.80. The minimum Gasteiger partial charge on any atom is -0.381 e. The third-order valence-corrected chi connectivity index (χ3v) is 18.0. The highest BCUT2D eigenvalue weighted by Crippen LogP contribution is 2.50. The first-order valence-corrected chi connectivity index (χ1v) is 25.8. The number of aliphatic hydroxyl groups excluding tert-OH is 2. The molecule has 0 radical (unpaired) electrons. The van der Waals surface area contributed by atoms with Crippen LogP contribution in [0.3, 0.4) is 0 Å². The van der Waals surface area contributed by atoms with Gasteiger partial charge in [0, 0.05) is 14.5 Å². The van der Waals surface area contributed by atoms with Crippen LogP contribution in [0.4, 0.5) is 0 Å². The lowest BCUT2D eigenvalue weighted by molar-refractivity contribution is -0.135. The Labute approximate surface area is 402 Å². The van der Waals surface area contributed by atoms with E-state index in [0.29, 0.717) is 32.1 Å². The molecule has 4 rings (SSSR count). The van der Waals surface area contributed by atoms with Crippen LogP contribution in [-0.2, 0) is 38.4 Å². The Morgan fingerprint density at radius 1 is 0.688 bits per heavy atom. The Balaban J connectivity index is 0.000000631. The van der Waals surface area contributed by atoms with E-state index >= 15 is 0 Å². The summed E-state index contributed by atoms with van der Waals surface area (Å²) in [6, 6.07) is -3.45. The van der Waals surface area contributed by atoms with Crippen molar-refractivity contribution in [2.24, 2.45) is 0 Å². The van der Waals surface area contributed by atoms with E-state index in [1.54, 1.807) is 13.8 Å². The van der Waals surface area contributed by atoms with Gasteiger partial charge >= 0.3 is 0 Å². The largest absolute Gasteiger partial charge is 0.381 e. The molecule has 4 unspecified atom stereocenters. The van der Waals surface area contributed by atoms with Crippen molar-refractivity contribution in [3.05, 3.63) is 0 Å². The number of hydrogen-bond acceptors (Lipinski definition) is 16. The summed E-state index contributed by atoms with van der Waals surface area (Å²) in [4.78, 5) is 98.8. The second kappa shape index (κ2) is 28.1. The monoisotopic (exact) mass is 1000 g/mol. The van der Waals surface area contributed by atoms with E-state index < -0.39 is 60.0 Å². The molecule has 8 atom stereocenters. The summed E-state index contributed by atoms with van der Waals surface area (Å²) in [5, 5.41) is 39.7. The molecule has 368 valence electrons. The van der Waals surface area contributed by atoms with Crippen molar-refractivity contribution in [2.45, 2.75) is 150 Å². The lowest BCUT2D eigenvalue weighted by Crippen LogP contribution is -2.55. The van der Waals surface area contributed by atoms with E-state index in [9.17, 15) is 48.6 Å². The normalized spacial score (nSPS) is 22.7. The molecule has 0 bridgehead atoms. The number of rotatable bonds is 20. The van der Waals surface area contributed by atoms with E-state index in [1.807, 2.05) is 67.9 Å². The fraction of sp³-hybridized carbons (Fsp3) is 0.805. The number of Topliss-reactive ketones (excluding diaryl/α,β-unsaturated/α-hetero) is 2. The molecule has 4 saturated heterocycles. The first kappa shape index (κ1) is 57.8. The summed E-state index contributed by atoms with van der Waals surface area (Å²) in [6.07, 6.45) is 3.05. The summed E-state index contributed by atoms with van der Waals surface area (Å²) in [7, 11) is 1.94. The molecule has 6 amide bonds. The lowest BCUT2D eigenvalue weighted by atomic mass is 10.0. The molecule has 0 saturated carbocycles. The first-order chi connectivity index (χ1) is 29.8. The van der Waals surface area contributed by atoms with Gasteiger partial charge in [0.2, 0.25) is 23.6 Å². The fourth-order valence-electron chi connectivity index (χ4n) is 7.38. The molecule has 0 aromatic heterocycles. The number of nitrogens with one attached hydrogen (secondary N) is 7. The topological polar surface area (TPSA) is 264 Å². The van der Waals surface area contributed by atoms with Gasteiger partial charge in [0.05, 0.1) is 57.5 Å². The Morgan fingerprint density at radius 2 is 1.11 bits per heavy atom. The van der Waals surface area contributed by atoms with Crippen LogP contribution in [0.1, 0.15) is 94.3 Å². The van der Waals surface area contributed by atoms with Crippen LogP contribution in [0.25, 0.3) is 0 Å². The quantitative estimate of drug-likeness (QED) is 0.0807. The van der Waals surface area contributed by atoms with E-state index in [4.69, 9.17) is 0 Å². The van der Waals surface area contributed by atoms with E-state index in [0.717, 1.165) is 42.5 Å². The van der Waals surface area contributed by atoms with Crippen LogP contribution in [0.15, 0.2) is 0 Å². The summed E-state index contributed by atoms with van der Waals surface area (Å²) >= 11 is 7.64. The van der Waals surface area contributed by atoms with Crippen LogP contribution >= 0.6 is 59.5 Å². The van der Waals surface area contributed by atoms with Gasteiger partial charge in [-0.1, -0.05) is 26.7 Å². The molecule has 18 nitrogen and oxygen atoms in total. The molecular formula is C41H73ClN8O10S4. The van der Waals surface area contributed by atoms with E-state index in [1.165, 1.54) is 26.7 Å². The molecule has 23 heteroatoms. The summed E-state index contributed by atoms with van der Waals surface area (Å²) in [5.74, 6) is 1.08. The lowest BCUT2D eigenvalue weighted by Gasteiger charge is -2.31. The maximum atomic E-state index is 13.0. The molecule has 4 aliphatic rings. The number of halogens is 1. The number of likely N-dealkylation sites (N-methyl/N-ethyl adjacent to an activating group) is 1. The van der Waals surface area contributed by atoms with E-state index in [-0.39, 0.29) is 70.5 Å². The molecule has 2 spiro atoms. The Morgan fingerprint density at radius 3 is 1.53 bits per heavy atom. The standard InChI is InChI=1S/C21H36N4O5S2.C20H34N4O5S2.ClH.H2/c1-5-7-15(18(28)20(30)22-11-17(27)23-13(2)14(3)26)24-19(29)16-10-21(12-25(16)4)31-8-6-9-32-21;1-4-6-14(17(27)19(29)21-10-16(26)23-12(2)13(3)25)24-18(28)15-9-20(11-22-15)30-7-5-8-31-20;;/h13,15-16,18,28H,5-12H2,1-4H3,(H,22,30)(H,23,27)(H,24,29);12,14-15,17,22,27H,4-11H2,1-3H3,(H,21,29)(H,23,26)(H,24,28);2*1H/t13-,15?,16-,18?;12-,14?,15-,17?;;/m00../s1. The van der Waals surface area contributed by atoms with Gasteiger partial charge in [-0.2, -0.15) is 0 Å². The zero-order valence-electron chi connectivity index (χ0n) is 38.1. The van der Waals surface area contributed by atoms with Crippen molar-refractivity contribution in [2.75, 3.05) is 56.2 Å². The predicted molar refractivity (Wildman–Crippen MR) is 260 cm³/mol. The maximum absolute atomic E-state index is 13.0. The van der Waals surface area contributed by atoms with Crippen LogP contribution < -0.4 is 37.2 Å². The number of likely N-dealkylation sites (tertiary alicyclic amines) is 1. The Kier molecular flexibility index (Phi) is 25.4. The highest BCUT2D eigenvalue weighted by molar-refractivity contribution is 8.19. The molecule has 4 heterocycles. The zero-order valence-corrected chi connectivity index (χ0v) is 42.2. The number of hydrogen-bond donors (Lipinski definition) is 9. The summed E-state index contributed by atoms with van der Waals surface area (Å²) in [6.45, 7) is 10.5. The SMILES string of the molecule is CCCC(NC(=O)[C@@H]1CC2(CN1)SCCCS2)C(O)C(=O)NCC(=O)N[C@@H](C)C(C)=O.CCCC(NC(=O)[C@@H]1CC2(CN1C)SCCCS2)C(O)C(=O)NCC(=O)N[C@@H](C)C(C)=O.Cl.[HH]. The van der Waals surface area contributed by atoms with Crippen LogP contribution in [-0.4, -0.2) is 175 Å². The molecule has 0 aliphatic carbocycles. The highest BCUT2D eigenvalue weighted by atomic mass is 35.5. The predicted octanol–water partition coefficient (Wildman–Crippen LogP) is 0.551. The summed E-state index contributed by atoms with van der Waals surface area (Å²) in [5.41, 5.74) is 0. The number of aliphatic hydroxyl groups is 2. The third-order valence-electron chi connectivity index (χ3n) is 11.3. The van der Waals surface area contributed by atoms with Crippen LogP contribution in [0.2, 0.25) is 0 Å². The number of ketones is 2. The van der Waals surface area contributed by atoms with Gasteiger partial charge in [0.15, 0.2) is 23.8 Å². The van der Waals surface area contributed by atoms with Gasteiger partial charge < -0.3 is 47.4 Å². The Hall–Kier alpha value is -2.31. The minimum absolute atomic E-state index is 0. The molecule has 4 fully saturated rings. The van der Waals surface area contributed by atoms with Crippen molar-refractivity contribution < 1.29 is 50.0 Å². The van der Waals surface area contributed by atoms with Crippen molar-refractivity contribution in [3.63, 3.8) is 0 Å². The molecule has 64 heavy (non-hydrogen) atoms. The number of thioether (sulfide) groups is 4. The van der Waals surface area contributed by atoms with Gasteiger partial charge in [0.1, 0.15) is 0 Å². The molecule has 0 aromatic carbocycles. The van der Waals surface area contributed by atoms with Gasteiger partial charge in [-0.15, -0.1) is 59.5 Å². The van der Waals surface area contributed by atoms with Crippen molar-refractivity contribution >= 4 is 106 Å². The smallest absolute Gasteiger partial charge is 0.251 e. The second-order valence-electron chi connectivity index (χ2n) is 16.6. The summed E-state index contributed by atoms with van der Waals surface area (Å²) < 4.78 is 0.0660. The van der Waals surface area contributed by atoms with Crippen LogP contribution in [0, 0.1) is 0 Å². The van der Waals surface area contributed by atoms with Gasteiger partial charge in [-0.3, -0.25) is 43.3 Å². The Bertz CT molecular complexity index is 1620. The fourth-order valence-corrected chi connectivity index (χ4v) is 14.1. The van der Waals surface area contributed by atoms with Gasteiger partial charge in [-0.25, -0.2) is 0 Å². The van der Waals surface area contributed by atoms with E-state index in [2.05, 4.69) is 42.1 Å². The average molecular weight is 1000 g/mol. The molecule has 4 aliphatic heterocycles. The number of amides is 6. The number of carbonyl (C=O) groups excluding carboxylic acids is 8. The third kappa shape index (κ3) is 18.1. The molecule has 9 N–H and O–H groups in total. The second-order valence-corrected chi connectivity index (χ2v) is 23.1. The minimum atomic E-state index is -1.48. The highest BCUT2D eigenvalue weighted by Gasteiger charge is 2.48. The molecule has 0 aromatic rings. The first-order valence-electron chi connectivity index (χ1n) is 21.9. The van der Waals surface area contributed by atoms with Crippen molar-refractivity contribution in [1.82, 2.24) is 42.1 Å². The number of carbonyl (C=O) groups is 8. The van der Waals surface area contributed by atoms with Crippen molar-refractivity contribution in [3.8, 4) is 0 Å². The van der Waals surface area contributed by atoms with Gasteiger partial charge in [-0.05, 0) is 96.3 Å².